The summed E-state index contributed by atoms with van der Waals surface area (Å²) in [4.78, 5) is 53.5. The second-order valence-electron chi connectivity index (χ2n) is 27.1. The Morgan fingerprint density at radius 3 is 1.15 bits per heavy atom. The molecule has 0 saturated heterocycles. The molecule has 16 rings (SSSR count). The van der Waals surface area contributed by atoms with Gasteiger partial charge < -0.3 is 79.9 Å². The van der Waals surface area contributed by atoms with Gasteiger partial charge >= 0.3 is 11.9 Å². The molecule has 124 heavy (non-hydrogen) atoms. The first-order valence-electron chi connectivity index (χ1n) is 38.3. The van der Waals surface area contributed by atoms with Gasteiger partial charge in [-0.2, -0.15) is 0 Å². The summed E-state index contributed by atoms with van der Waals surface area (Å²) in [7, 11) is 2.89. The van der Waals surface area contributed by atoms with Crippen molar-refractivity contribution in [2.24, 2.45) is 0 Å². The summed E-state index contributed by atoms with van der Waals surface area (Å²) in [6.07, 6.45) is 13.8. The lowest BCUT2D eigenvalue weighted by atomic mass is 10.1. The SMILES string of the molecule is CCOC(=O)/C=C/c1ccc(Oc2c(-c3ccc(O)cc3)sc3cc(O)ccc23)c(C)c1.CNC(=O)/C=C/c1ccc(Oc2c(-c3ccc(O)cc3)sc3cc(O)ccc23)cn1.COC(=O)/C=C/c1ccc(Oc2c(-c3ccc(F)cc3)sc3cc(O)ccc23)cc1.O=C(/C=C/c1ccc(Oc2c(-c3ccc(O)cc3)sc3cc(O)ccc23)cc1)NCCO. The third-order valence-corrected chi connectivity index (χ3v) is 23.1. The molecule has 11 aromatic carbocycles. The number of nitrogens with one attached hydrogen (secondary N) is 2. The van der Waals surface area contributed by atoms with Gasteiger partial charge in [0.25, 0.3) is 0 Å². The van der Waals surface area contributed by atoms with E-state index in [1.54, 1.807) is 172 Å². The molecule has 0 bridgehead atoms. The fourth-order valence-corrected chi connectivity index (χ4v) is 17.0. The number of carbonyl (C=O) groups excluding carboxylic acids is 4. The van der Waals surface area contributed by atoms with Crippen molar-refractivity contribution < 1.29 is 92.8 Å². The van der Waals surface area contributed by atoms with Crippen LogP contribution in [0.15, 0.2) is 279 Å². The van der Waals surface area contributed by atoms with Crippen LogP contribution in [-0.4, -0.2) is 104 Å². The number of rotatable bonds is 23. The third-order valence-electron chi connectivity index (χ3n) is 18.4. The number of phenols is 7. The van der Waals surface area contributed by atoms with Crippen LogP contribution in [-0.2, 0) is 28.7 Å². The number of hydrogen-bond acceptors (Lipinski definition) is 23. The Kier molecular flexibility index (Phi) is 28.6. The Hall–Kier alpha value is -15.1. The highest BCUT2D eigenvalue weighted by Gasteiger charge is 2.23. The van der Waals surface area contributed by atoms with E-state index in [4.69, 9.17) is 28.8 Å². The van der Waals surface area contributed by atoms with Gasteiger partial charge in [0, 0.05) is 78.2 Å². The number of phenolic OH excluding ortho intramolecular Hbond substituents is 7. The van der Waals surface area contributed by atoms with Crippen molar-refractivity contribution in [1.29, 1.82) is 0 Å². The number of nitrogens with zero attached hydrogens (tertiary/aromatic N) is 1. The predicted molar refractivity (Wildman–Crippen MR) is 488 cm³/mol. The van der Waals surface area contributed by atoms with Gasteiger partial charge in [-0.3, -0.25) is 14.6 Å². The molecule has 0 spiro atoms. The number of benzene rings is 11. The molecule has 2 amide bonds. The van der Waals surface area contributed by atoms with Crippen LogP contribution in [0.2, 0.25) is 0 Å². The molecule has 0 radical (unpaired) electrons. The molecule has 0 aliphatic carbocycles. The van der Waals surface area contributed by atoms with E-state index in [1.165, 1.54) is 88.9 Å². The first-order chi connectivity index (χ1) is 60.0. The van der Waals surface area contributed by atoms with E-state index in [9.17, 15) is 59.3 Å². The van der Waals surface area contributed by atoms with Crippen molar-refractivity contribution >= 4 is 134 Å². The fraction of sp³-hybridized carbons (Fsp3) is 0.0714. The number of carbonyl (C=O) groups is 4. The van der Waals surface area contributed by atoms with Crippen molar-refractivity contribution in [2.45, 2.75) is 13.8 Å². The van der Waals surface area contributed by atoms with Crippen molar-refractivity contribution in [1.82, 2.24) is 15.6 Å². The Labute approximate surface area is 726 Å². The molecule has 5 heterocycles. The minimum absolute atomic E-state index is 0.103. The van der Waals surface area contributed by atoms with Crippen molar-refractivity contribution in [3.8, 4) is 128 Å². The van der Waals surface area contributed by atoms with Crippen LogP contribution < -0.4 is 29.6 Å². The van der Waals surface area contributed by atoms with E-state index in [-0.39, 0.29) is 77.0 Å². The smallest absolute Gasteiger partial charge is 0.330 e. The molecule has 0 atom stereocenters. The molecule has 21 nitrogen and oxygen atoms in total. The second-order valence-corrected chi connectivity index (χ2v) is 31.3. The number of methoxy groups -OCH3 is 1. The highest BCUT2D eigenvalue weighted by atomic mass is 32.1. The average molecular weight is 1730 g/mol. The Morgan fingerprint density at radius 1 is 0.403 bits per heavy atom. The standard InChI is InChI=1S/C26H22O5S.C25H21NO5S.C24H17FO4S.C23H18N2O4S/c1-3-30-24(29)13-5-17-4-12-22(16(2)14-17)31-25-21-11-10-20(28)15-23(21)32-26(25)18-6-8-19(27)9-7-18;27-14-13-26-23(30)12-3-16-1-9-20(10-2-16)31-24-21-11-8-19(29)15-22(21)32-25(24)17-4-6-18(28)7-5-17;1-28-22(27)13-4-15-2-10-19(11-3-15)29-23-20-12-9-18(26)14-21(20)30-24(23)16-5-7-17(25)8-6-16;1-24-21(28)11-5-15-4-9-18(13-25-15)29-22-19-10-8-17(27)12-20(19)30-23(22)14-2-6-16(26)7-3-14/h4-15,27-28H,3H2,1-2H3;1-12,15,27-29H,13-14H2,(H,26,30);2-14,26H,1H3;2-13,26-27H,1H3,(H,24,28)/b13-5+;12-3+;13-4+;11-5+. The maximum Gasteiger partial charge on any atom is 0.330 e. The Morgan fingerprint density at radius 2 is 0.766 bits per heavy atom. The van der Waals surface area contributed by atoms with Gasteiger partial charge in [0.05, 0.1) is 51.7 Å². The number of pyridine rings is 1. The van der Waals surface area contributed by atoms with Crippen LogP contribution in [0.1, 0.15) is 34.9 Å². The number of aliphatic hydroxyl groups is 1. The van der Waals surface area contributed by atoms with Gasteiger partial charge in [-0.25, -0.2) is 14.0 Å². The van der Waals surface area contributed by atoms with E-state index >= 15 is 0 Å². The highest BCUT2D eigenvalue weighted by molar-refractivity contribution is 7.24. The molecule has 0 saturated carbocycles. The van der Waals surface area contributed by atoms with Gasteiger partial charge in [0.15, 0.2) is 23.0 Å². The molecule has 26 heteroatoms. The summed E-state index contributed by atoms with van der Waals surface area (Å²) in [5.41, 5.74) is 7.57. The van der Waals surface area contributed by atoms with Crippen molar-refractivity contribution in [3.63, 3.8) is 0 Å². The number of halogens is 1. The van der Waals surface area contributed by atoms with Gasteiger partial charge in [0.1, 0.15) is 69.1 Å². The summed E-state index contributed by atoms with van der Waals surface area (Å²) in [5, 5.41) is 85.7. The number of ether oxygens (including phenoxy) is 6. The van der Waals surface area contributed by atoms with Crippen LogP contribution >= 0.6 is 45.3 Å². The summed E-state index contributed by atoms with van der Waals surface area (Å²) < 4.78 is 51.5. The number of esters is 2. The monoisotopic (exact) mass is 1730 g/mol. The van der Waals surface area contributed by atoms with Crippen LogP contribution in [0, 0.1) is 12.7 Å². The number of amides is 2. The molecule has 624 valence electrons. The first kappa shape index (κ1) is 86.8. The average Bonchev–Trinajstić information content (AvgIpc) is 1.65. The minimum atomic E-state index is -0.424. The van der Waals surface area contributed by atoms with E-state index in [2.05, 4.69) is 20.4 Å². The summed E-state index contributed by atoms with van der Waals surface area (Å²) >= 11 is 5.96. The van der Waals surface area contributed by atoms with E-state index in [0.717, 1.165) is 104 Å². The molecular weight excluding hydrogens is 1650 g/mol. The lowest BCUT2D eigenvalue weighted by Gasteiger charge is -2.11. The largest absolute Gasteiger partial charge is 0.508 e. The molecular formula is C98H78FN3O18S4. The summed E-state index contributed by atoms with van der Waals surface area (Å²) in [6, 6.07) is 71.3. The quantitative estimate of drug-likeness (QED) is 0.0210. The normalized spacial score (nSPS) is 11.1. The summed E-state index contributed by atoms with van der Waals surface area (Å²) in [5.74, 6) is 4.81. The van der Waals surface area contributed by atoms with Crippen LogP contribution in [0.25, 0.3) is 106 Å². The number of thiophene rings is 4. The van der Waals surface area contributed by atoms with E-state index in [1.807, 2.05) is 116 Å². The first-order valence-corrected chi connectivity index (χ1v) is 41.5. The zero-order chi connectivity index (χ0) is 87.3. The van der Waals surface area contributed by atoms with Crippen LogP contribution in [0.5, 0.6) is 86.2 Å². The van der Waals surface area contributed by atoms with Gasteiger partial charge in [0.2, 0.25) is 11.8 Å². The lowest BCUT2D eigenvalue weighted by Crippen LogP contribution is -2.24. The minimum Gasteiger partial charge on any atom is -0.508 e. The number of aryl methyl sites for hydroxylation is 1. The Bertz CT molecular complexity index is 6420. The van der Waals surface area contributed by atoms with Crippen LogP contribution in [0.3, 0.4) is 0 Å². The Balaban J connectivity index is 0.000000142. The van der Waals surface area contributed by atoms with Crippen molar-refractivity contribution in [3.05, 3.63) is 313 Å². The molecule has 16 aromatic rings. The molecule has 0 aliphatic heterocycles. The van der Waals surface area contributed by atoms with E-state index in [0.29, 0.717) is 58.3 Å². The van der Waals surface area contributed by atoms with Crippen molar-refractivity contribution in [2.75, 3.05) is 33.9 Å². The fourth-order valence-electron chi connectivity index (χ4n) is 12.3. The van der Waals surface area contributed by atoms with Gasteiger partial charge in [-0.15, -0.1) is 45.3 Å². The molecule has 0 fully saturated rings. The molecule has 0 unspecified atom stereocenters. The zero-order valence-corrected chi connectivity index (χ0v) is 69.9. The molecule has 5 aromatic heterocycles. The zero-order valence-electron chi connectivity index (χ0n) is 66.6. The number of likely N-dealkylation sites (N-methyl/N-ethyl adjacent to an activating group) is 1. The maximum atomic E-state index is 13.4. The topological polar surface area (TPSA) is 322 Å². The summed E-state index contributed by atoms with van der Waals surface area (Å²) in [6.45, 7) is 4.16. The number of aromatic nitrogens is 1. The molecule has 10 N–H and O–H groups in total. The van der Waals surface area contributed by atoms with E-state index < -0.39 is 5.97 Å². The van der Waals surface area contributed by atoms with Gasteiger partial charge in [-0.1, -0.05) is 42.5 Å². The van der Waals surface area contributed by atoms with Gasteiger partial charge in [-0.05, 0) is 289 Å². The number of aromatic hydroxyl groups is 7. The lowest BCUT2D eigenvalue weighted by molar-refractivity contribution is -0.137. The second kappa shape index (κ2) is 40.8. The number of fused-ring (bicyclic) bond motifs is 4. The van der Waals surface area contributed by atoms with Crippen LogP contribution in [0.4, 0.5) is 4.39 Å². The highest BCUT2D eigenvalue weighted by Crippen LogP contribution is 2.52. The number of hydrogen-bond donors (Lipinski definition) is 10. The predicted octanol–water partition coefficient (Wildman–Crippen LogP) is 22.9. The third kappa shape index (κ3) is 22.5. The number of aliphatic hydroxyl groups excluding tert-OH is 1. The molecule has 0 aliphatic rings. The maximum absolute atomic E-state index is 13.4.